The molecule has 2 heterocycles. The first-order valence-corrected chi connectivity index (χ1v) is 12.8. The fraction of sp³-hybridized carbons (Fsp3) is 0.571. The number of carbonyl (C=O) groups excluding carboxylic acids is 3. The number of rotatable bonds is 6. The number of hydrogen-bond donors (Lipinski definition) is 0. The summed E-state index contributed by atoms with van der Waals surface area (Å²) >= 11 is 0. The van der Waals surface area contributed by atoms with Crippen LogP contribution in [0.5, 0.6) is 0 Å². The number of carbonyl (C=O) groups is 3. The van der Waals surface area contributed by atoms with Gasteiger partial charge >= 0.3 is 0 Å². The summed E-state index contributed by atoms with van der Waals surface area (Å²) in [6.45, 7) is 12.1. The van der Waals surface area contributed by atoms with E-state index < -0.39 is 8.32 Å². The Morgan fingerprint density at radius 1 is 1.04 bits per heavy atom. The minimum atomic E-state index is -1.89. The van der Waals surface area contributed by atoms with Crippen LogP contribution in [0, 0.1) is 0 Å². The lowest BCUT2D eigenvalue weighted by Crippen LogP contribution is -2.47. The molecule has 0 unspecified atom stereocenters. The fourth-order valence-electron chi connectivity index (χ4n) is 3.44. The Balaban J connectivity index is 1.62. The van der Waals surface area contributed by atoms with Gasteiger partial charge in [-0.2, -0.15) is 0 Å². The molecule has 0 aromatic heterocycles. The summed E-state index contributed by atoms with van der Waals surface area (Å²) in [5, 5.41) is 0.112. The zero-order valence-corrected chi connectivity index (χ0v) is 18.4. The van der Waals surface area contributed by atoms with Crippen LogP contribution in [0.15, 0.2) is 24.3 Å². The molecule has 1 fully saturated rings. The highest BCUT2D eigenvalue weighted by Gasteiger charge is 2.40. The first kappa shape index (κ1) is 20.7. The highest BCUT2D eigenvalue weighted by molar-refractivity contribution is 6.74. The van der Waals surface area contributed by atoms with E-state index in [1.165, 1.54) is 4.90 Å². The van der Waals surface area contributed by atoms with Gasteiger partial charge in [-0.05, 0) is 36.7 Å². The summed E-state index contributed by atoms with van der Waals surface area (Å²) in [4.78, 5) is 40.5. The summed E-state index contributed by atoms with van der Waals surface area (Å²) in [6, 6.07) is 6.87. The van der Waals surface area contributed by atoms with Crippen molar-refractivity contribution in [2.75, 3.05) is 19.7 Å². The van der Waals surface area contributed by atoms with Crippen molar-refractivity contribution in [2.24, 2.45) is 0 Å². The maximum atomic E-state index is 12.5. The van der Waals surface area contributed by atoms with E-state index >= 15 is 0 Å². The normalized spacial score (nSPS) is 20.3. The zero-order chi connectivity index (χ0) is 20.7. The summed E-state index contributed by atoms with van der Waals surface area (Å²) in [5.74, 6) is -0.483. The number of fused-ring (bicyclic) bond motifs is 1. The van der Waals surface area contributed by atoms with Gasteiger partial charge in [0, 0.05) is 19.5 Å². The molecule has 0 saturated carbocycles. The minimum absolute atomic E-state index is 0.0109. The van der Waals surface area contributed by atoms with Crippen molar-refractivity contribution in [3.05, 3.63) is 35.4 Å². The number of amides is 3. The second-order valence-corrected chi connectivity index (χ2v) is 14.0. The van der Waals surface area contributed by atoms with E-state index in [-0.39, 0.29) is 35.3 Å². The molecule has 0 spiro atoms. The maximum absolute atomic E-state index is 12.5. The van der Waals surface area contributed by atoms with Crippen molar-refractivity contribution in [3.63, 3.8) is 0 Å². The Kier molecular flexibility index (Phi) is 5.51. The van der Waals surface area contributed by atoms with E-state index in [0.717, 1.165) is 6.42 Å². The highest BCUT2D eigenvalue weighted by atomic mass is 28.4. The van der Waals surface area contributed by atoms with Gasteiger partial charge in [0.15, 0.2) is 8.32 Å². The minimum Gasteiger partial charge on any atom is -0.415 e. The molecule has 28 heavy (non-hydrogen) atoms. The quantitative estimate of drug-likeness (QED) is 0.541. The van der Waals surface area contributed by atoms with Crippen molar-refractivity contribution in [1.29, 1.82) is 0 Å². The van der Waals surface area contributed by atoms with E-state index in [9.17, 15) is 14.4 Å². The summed E-state index contributed by atoms with van der Waals surface area (Å²) in [6.07, 6.45) is 1.25. The second kappa shape index (κ2) is 7.44. The van der Waals surface area contributed by atoms with Crippen LogP contribution < -0.4 is 0 Å². The van der Waals surface area contributed by atoms with Crippen LogP contribution in [0.3, 0.4) is 0 Å². The summed E-state index contributed by atoms with van der Waals surface area (Å²) in [7, 11) is -1.89. The van der Waals surface area contributed by atoms with Crippen LogP contribution in [0.25, 0.3) is 0 Å². The van der Waals surface area contributed by atoms with Gasteiger partial charge in [-0.25, -0.2) is 0 Å². The monoisotopic (exact) mass is 402 g/mol. The number of hydrogen-bond acceptors (Lipinski definition) is 4. The number of likely N-dealkylation sites (tertiary alicyclic amines) is 1. The highest BCUT2D eigenvalue weighted by Crippen LogP contribution is 2.37. The lowest BCUT2D eigenvalue weighted by Gasteiger charge is -2.38. The third-order valence-corrected chi connectivity index (χ3v) is 10.8. The van der Waals surface area contributed by atoms with Gasteiger partial charge in [0.2, 0.25) is 5.91 Å². The number of nitrogens with zero attached hydrogens (tertiary/aromatic N) is 2. The molecule has 1 atom stereocenters. The molecular weight excluding hydrogens is 372 g/mol. The lowest BCUT2D eigenvalue weighted by atomic mass is 10.1. The third kappa shape index (κ3) is 3.78. The van der Waals surface area contributed by atoms with Crippen molar-refractivity contribution in [1.82, 2.24) is 9.80 Å². The molecule has 152 valence electrons. The molecule has 1 saturated heterocycles. The SMILES string of the molecule is CC(C)(C)[Si](C)(C)OC[C@@H]1CCC(=O)N1CCN1C(=O)c2ccccc2C1=O. The fourth-order valence-corrected chi connectivity index (χ4v) is 4.49. The van der Waals surface area contributed by atoms with Gasteiger partial charge in [0.05, 0.1) is 23.8 Å². The van der Waals surface area contributed by atoms with E-state index in [1.807, 2.05) is 0 Å². The topological polar surface area (TPSA) is 66.9 Å². The van der Waals surface area contributed by atoms with Gasteiger partial charge in [0.1, 0.15) is 0 Å². The largest absolute Gasteiger partial charge is 0.415 e. The molecule has 3 amide bonds. The lowest BCUT2D eigenvalue weighted by molar-refractivity contribution is -0.129. The van der Waals surface area contributed by atoms with E-state index in [1.54, 1.807) is 29.2 Å². The Morgan fingerprint density at radius 3 is 2.14 bits per heavy atom. The predicted octanol–water partition coefficient (Wildman–Crippen LogP) is 3.30. The molecular formula is C21H30N2O4Si. The molecule has 6 nitrogen and oxygen atoms in total. The molecule has 1 aromatic rings. The van der Waals surface area contributed by atoms with Crippen LogP contribution in [-0.2, 0) is 9.22 Å². The van der Waals surface area contributed by atoms with Crippen molar-refractivity contribution in [3.8, 4) is 0 Å². The summed E-state index contributed by atoms with van der Waals surface area (Å²) < 4.78 is 6.32. The molecule has 3 rings (SSSR count). The van der Waals surface area contributed by atoms with E-state index in [4.69, 9.17) is 4.43 Å². The standard InChI is InChI=1S/C21H30N2O4Si/c1-21(2,3)28(4,5)27-14-15-10-11-18(24)22(15)12-13-23-19(25)16-8-6-7-9-17(16)20(23)26/h6-9,15H,10-14H2,1-5H3/t15-/m0/s1. The number of imide groups is 1. The molecule has 1 aromatic carbocycles. The van der Waals surface area contributed by atoms with Gasteiger partial charge < -0.3 is 9.33 Å². The molecule has 7 heteroatoms. The molecule has 0 radical (unpaired) electrons. The van der Waals surface area contributed by atoms with Crippen LogP contribution in [0.4, 0.5) is 0 Å². The molecule has 2 aliphatic rings. The van der Waals surface area contributed by atoms with Crippen molar-refractivity contribution >= 4 is 26.0 Å². The Labute approximate surface area is 168 Å². The average molecular weight is 403 g/mol. The number of benzene rings is 1. The molecule has 0 bridgehead atoms. The first-order chi connectivity index (χ1) is 13.0. The Morgan fingerprint density at radius 2 is 1.61 bits per heavy atom. The second-order valence-electron chi connectivity index (χ2n) is 9.16. The Bertz CT molecular complexity index is 765. The molecule has 0 N–H and O–H groups in total. The molecule has 0 aliphatic carbocycles. The zero-order valence-electron chi connectivity index (χ0n) is 17.4. The van der Waals surface area contributed by atoms with Gasteiger partial charge in [-0.15, -0.1) is 0 Å². The smallest absolute Gasteiger partial charge is 0.261 e. The van der Waals surface area contributed by atoms with Crippen LogP contribution in [0.2, 0.25) is 18.1 Å². The van der Waals surface area contributed by atoms with Gasteiger partial charge in [-0.1, -0.05) is 32.9 Å². The van der Waals surface area contributed by atoms with Crippen LogP contribution >= 0.6 is 0 Å². The van der Waals surface area contributed by atoms with Crippen LogP contribution in [-0.4, -0.2) is 61.6 Å². The predicted molar refractivity (Wildman–Crippen MR) is 110 cm³/mol. The molecule has 2 aliphatic heterocycles. The summed E-state index contributed by atoms with van der Waals surface area (Å²) in [5.41, 5.74) is 0.885. The van der Waals surface area contributed by atoms with Gasteiger partial charge in [0.25, 0.3) is 11.8 Å². The Hall–Kier alpha value is -1.99. The average Bonchev–Trinajstić information content (AvgIpc) is 3.09. The van der Waals surface area contributed by atoms with Crippen LogP contribution in [0.1, 0.15) is 54.3 Å². The maximum Gasteiger partial charge on any atom is 0.261 e. The third-order valence-electron chi connectivity index (χ3n) is 6.34. The van der Waals surface area contributed by atoms with Gasteiger partial charge in [-0.3, -0.25) is 19.3 Å². The van der Waals surface area contributed by atoms with Crippen molar-refractivity contribution < 1.29 is 18.8 Å². The van der Waals surface area contributed by atoms with Crippen molar-refractivity contribution in [2.45, 2.75) is 57.8 Å². The van der Waals surface area contributed by atoms with E-state index in [0.29, 0.717) is 30.7 Å². The van der Waals surface area contributed by atoms with E-state index in [2.05, 4.69) is 33.9 Å². The first-order valence-electron chi connectivity index (χ1n) is 9.91.